The first-order chi connectivity index (χ1) is 9.18. The molecule has 0 fully saturated rings. The average molecular weight is 364 g/mol. The molecule has 0 spiro atoms. The van der Waals surface area contributed by atoms with Crippen LogP contribution in [0.1, 0.15) is 10.4 Å². The number of rotatable bonds is 2. The number of nitrogens with zero attached hydrogens (tertiary/aromatic N) is 2. The molecular formula is C13H9IN4O. The van der Waals surface area contributed by atoms with E-state index in [1.165, 1.54) is 0 Å². The van der Waals surface area contributed by atoms with Crippen LogP contribution in [0.2, 0.25) is 0 Å². The molecule has 1 heterocycles. The fourth-order valence-corrected chi connectivity index (χ4v) is 2.96. The van der Waals surface area contributed by atoms with E-state index in [9.17, 15) is 4.79 Å². The zero-order chi connectivity index (χ0) is 13.4. The van der Waals surface area contributed by atoms with Gasteiger partial charge in [0.2, 0.25) is 0 Å². The monoisotopic (exact) mass is 364 g/mol. The minimum atomic E-state index is -0.503. The van der Waals surface area contributed by atoms with Crippen LogP contribution in [-0.2, 0) is 0 Å². The van der Waals surface area contributed by atoms with Gasteiger partial charge in [0, 0.05) is 9.13 Å². The van der Waals surface area contributed by atoms with Crippen LogP contribution in [0.3, 0.4) is 0 Å². The lowest BCUT2D eigenvalue weighted by Crippen LogP contribution is -2.14. The summed E-state index contributed by atoms with van der Waals surface area (Å²) in [6.07, 6.45) is 0. The van der Waals surface area contributed by atoms with E-state index in [2.05, 4.69) is 38.0 Å². The Balaban J connectivity index is 2.43. The van der Waals surface area contributed by atoms with Crippen LogP contribution in [0.15, 0.2) is 36.4 Å². The number of nitrogens with one attached hydrogen (secondary N) is 1. The molecule has 5 nitrogen and oxygen atoms in total. The Labute approximate surface area is 122 Å². The average Bonchev–Trinajstić information content (AvgIpc) is 2.85. The van der Waals surface area contributed by atoms with Gasteiger partial charge in [-0.1, -0.05) is 30.3 Å². The molecule has 0 saturated heterocycles. The molecule has 6 heteroatoms. The van der Waals surface area contributed by atoms with Gasteiger partial charge in [-0.3, -0.25) is 4.79 Å². The molecule has 0 aliphatic rings. The van der Waals surface area contributed by atoms with Gasteiger partial charge in [0.1, 0.15) is 11.0 Å². The summed E-state index contributed by atoms with van der Waals surface area (Å²) in [6, 6.07) is 11.5. The zero-order valence-electron chi connectivity index (χ0n) is 9.72. The number of hydrogen-bond acceptors (Lipinski definition) is 3. The van der Waals surface area contributed by atoms with Crippen LogP contribution >= 0.6 is 22.6 Å². The van der Waals surface area contributed by atoms with Gasteiger partial charge in [0.05, 0.1) is 5.56 Å². The first-order valence-corrected chi connectivity index (χ1v) is 6.64. The summed E-state index contributed by atoms with van der Waals surface area (Å²) in [5.74, 6) is -0.503. The van der Waals surface area contributed by atoms with Gasteiger partial charge in [0.15, 0.2) is 0 Å². The Morgan fingerprint density at radius 3 is 2.63 bits per heavy atom. The van der Waals surface area contributed by atoms with Crippen LogP contribution < -0.4 is 5.73 Å². The van der Waals surface area contributed by atoms with Crippen molar-refractivity contribution >= 4 is 39.5 Å². The second-order valence-electron chi connectivity index (χ2n) is 4.03. The number of benzene rings is 2. The molecule has 0 bridgehead atoms. The van der Waals surface area contributed by atoms with Gasteiger partial charge < -0.3 is 5.73 Å². The number of halogens is 1. The molecule has 94 valence electrons. The van der Waals surface area contributed by atoms with Crippen LogP contribution in [0.25, 0.3) is 22.2 Å². The van der Waals surface area contributed by atoms with Gasteiger partial charge in [-0.25, -0.2) is 0 Å². The number of carbonyl (C=O) groups is 1. The highest BCUT2D eigenvalue weighted by Crippen LogP contribution is 2.33. The summed E-state index contributed by atoms with van der Waals surface area (Å²) < 4.78 is 0.916. The lowest BCUT2D eigenvalue weighted by Gasteiger charge is -2.10. The number of nitrogens with two attached hydrogens (primary N) is 1. The van der Waals surface area contributed by atoms with Gasteiger partial charge in [0.25, 0.3) is 5.91 Å². The quantitative estimate of drug-likeness (QED) is 0.685. The highest BCUT2D eigenvalue weighted by Gasteiger charge is 2.20. The van der Waals surface area contributed by atoms with Gasteiger partial charge in [-0.15, -0.1) is 0 Å². The van der Waals surface area contributed by atoms with Crippen molar-refractivity contribution in [2.24, 2.45) is 5.73 Å². The Morgan fingerprint density at radius 1 is 1.21 bits per heavy atom. The van der Waals surface area contributed by atoms with E-state index in [4.69, 9.17) is 5.73 Å². The third-order valence-electron chi connectivity index (χ3n) is 2.87. The molecule has 3 N–H and O–H groups in total. The number of fused-ring (bicyclic) bond motifs is 1. The summed E-state index contributed by atoms with van der Waals surface area (Å²) >= 11 is 2.18. The molecule has 0 aliphatic heterocycles. The standard InChI is InChI=1S/C13H9IN4O/c14-8-6-9-12(17-18-16-9)11(13(15)19)10(8)7-4-2-1-3-5-7/h1-6H,(H2,15,19)(H,16,17,18). The maximum atomic E-state index is 11.8. The van der Waals surface area contributed by atoms with Crippen LogP contribution in [0.4, 0.5) is 0 Å². The van der Waals surface area contributed by atoms with E-state index in [0.717, 1.165) is 14.7 Å². The SMILES string of the molecule is NC(=O)c1c(-c2ccccc2)c(I)cc2n[nH]nc12. The number of hydrogen-bond donors (Lipinski definition) is 2. The van der Waals surface area contributed by atoms with Crippen molar-refractivity contribution in [3.05, 3.63) is 45.5 Å². The minimum Gasteiger partial charge on any atom is -0.366 e. The van der Waals surface area contributed by atoms with Crippen LogP contribution in [-0.4, -0.2) is 21.3 Å². The summed E-state index contributed by atoms with van der Waals surface area (Å²) in [7, 11) is 0. The van der Waals surface area contributed by atoms with Gasteiger partial charge in [-0.05, 0) is 34.2 Å². The third-order valence-corrected chi connectivity index (χ3v) is 3.72. The maximum absolute atomic E-state index is 11.8. The van der Waals surface area contributed by atoms with Crippen molar-refractivity contribution in [3.63, 3.8) is 0 Å². The predicted molar refractivity (Wildman–Crippen MR) is 80.6 cm³/mol. The fraction of sp³-hybridized carbons (Fsp3) is 0. The number of H-pyrrole nitrogens is 1. The highest BCUT2D eigenvalue weighted by atomic mass is 127. The van der Waals surface area contributed by atoms with Crippen molar-refractivity contribution in [1.82, 2.24) is 15.4 Å². The van der Waals surface area contributed by atoms with Crippen LogP contribution in [0, 0.1) is 3.57 Å². The fourth-order valence-electron chi connectivity index (χ4n) is 2.08. The van der Waals surface area contributed by atoms with Crippen molar-refractivity contribution in [3.8, 4) is 11.1 Å². The molecule has 0 radical (unpaired) electrons. The minimum absolute atomic E-state index is 0.404. The van der Waals surface area contributed by atoms with E-state index < -0.39 is 5.91 Å². The normalized spacial score (nSPS) is 10.8. The largest absolute Gasteiger partial charge is 0.366 e. The second-order valence-corrected chi connectivity index (χ2v) is 5.19. The summed E-state index contributed by atoms with van der Waals surface area (Å²) in [5, 5.41) is 10.6. The summed E-state index contributed by atoms with van der Waals surface area (Å²) in [4.78, 5) is 11.8. The maximum Gasteiger partial charge on any atom is 0.251 e. The summed E-state index contributed by atoms with van der Waals surface area (Å²) in [5.41, 5.74) is 8.81. The van der Waals surface area contributed by atoms with E-state index in [1.807, 2.05) is 36.4 Å². The number of amides is 1. The predicted octanol–water partition coefficient (Wildman–Crippen LogP) is 2.33. The number of primary amides is 1. The first-order valence-electron chi connectivity index (χ1n) is 5.56. The van der Waals surface area contributed by atoms with Crippen LogP contribution in [0.5, 0.6) is 0 Å². The molecular weight excluding hydrogens is 355 g/mol. The molecule has 19 heavy (non-hydrogen) atoms. The molecule has 3 rings (SSSR count). The molecule has 0 saturated carbocycles. The summed E-state index contributed by atoms with van der Waals surface area (Å²) in [6.45, 7) is 0. The molecule has 0 unspecified atom stereocenters. The van der Waals surface area contributed by atoms with Crippen molar-refractivity contribution in [2.75, 3.05) is 0 Å². The Bertz CT molecular complexity index is 767. The molecule has 0 aliphatic carbocycles. The Kier molecular flexibility index (Phi) is 2.94. The van der Waals surface area contributed by atoms with Crippen molar-refractivity contribution in [2.45, 2.75) is 0 Å². The molecule has 0 atom stereocenters. The zero-order valence-corrected chi connectivity index (χ0v) is 11.9. The van der Waals surface area contributed by atoms with E-state index >= 15 is 0 Å². The van der Waals surface area contributed by atoms with E-state index in [1.54, 1.807) is 0 Å². The smallest absolute Gasteiger partial charge is 0.251 e. The van der Waals surface area contributed by atoms with Gasteiger partial charge in [-0.2, -0.15) is 15.4 Å². The first kappa shape index (κ1) is 12.1. The lowest BCUT2D eigenvalue weighted by molar-refractivity contribution is 0.100. The van der Waals surface area contributed by atoms with Gasteiger partial charge >= 0.3 is 0 Å². The molecule has 3 aromatic rings. The molecule has 1 aromatic heterocycles. The second kappa shape index (κ2) is 4.61. The number of carbonyl (C=O) groups excluding carboxylic acids is 1. The molecule has 2 aromatic carbocycles. The third kappa shape index (κ3) is 1.97. The topological polar surface area (TPSA) is 84.7 Å². The Hall–Kier alpha value is -1.96. The lowest BCUT2D eigenvalue weighted by atomic mass is 9.98. The van der Waals surface area contributed by atoms with E-state index in [-0.39, 0.29) is 0 Å². The van der Waals surface area contributed by atoms with Crippen molar-refractivity contribution < 1.29 is 4.79 Å². The van der Waals surface area contributed by atoms with E-state index in [0.29, 0.717) is 16.6 Å². The Morgan fingerprint density at radius 2 is 1.95 bits per heavy atom. The number of aromatic nitrogens is 3. The van der Waals surface area contributed by atoms with Crippen molar-refractivity contribution in [1.29, 1.82) is 0 Å². The highest BCUT2D eigenvalue weighted by molar-refractivity contribution is 14.1. The number of aromatic amines is 1. The molecule has 1 amide bonds.